The van der Waals surface area contributed by atoms with E-state index >= 15 is 0 Å². The normalized spacial score (nSPS) is 11.6. The van der Waals surface area contributed by atoms with E-state index in [1.165, 1.54) is 30.3 Å². The van der Waals surface area contributed by atoms with Crippen molar-refractivity contribution in [3.63, 3.8) is 0 Å². The van der Waals surface area contributed by atoms with Gasteiger partial charge in [-0.2, -0.15) is 18.3 Å². The number of halogens is 4. The van der Waals surface area contributed by atoms with Crippen LogP contribution in [0.2, 0.25) is 5.02 Å². The van der Waals surface area contributed by atoms with Crippen molar-refractivity contribution in [1.82, 2.24) is 5.43 Å². The van der Waals surface area contributed by atoms with E-state index in [9.17, 15) is 18.0 Å². The molecule has 2 aromatic carbocycles. The average Bonchev–Trinajstić information content (AvgIpc) is 2.47. The Balaban J connectivity index is 2.14. The summed E-state index contributed by atoms with van der Waals surface area (Å²) in [4.78, 5) is 11.8. The first-order valence-corrected chi connectivity index (χ1v) is 6.51. The quantitative estimate of drug-likeness (QED) is 0.669. The van der Waals surface area contributed by atoms with Gasteiger partial charge in [-0.15, -0.1) is 0 Å². The second kappa shape index (κ2) is 6.62. The summed E-state index contributed by atoms with van der Waals surface area (Å²) in [6.07, 6.45) is -3.55. The van der Waals surface area contributed by atoms with Crippen molar-refractivity contribution in [2.24, 2.45) is 5.10 Å². The molecule has 0 aromatic heterocycles. The molecule has 1 N–H and O–H groups in total. The predicted octanol–water partition coefficient (Wildman–Crippen LogP) is 4.12. The first kappa shape index (κ1) is 16.0. The number of rotatable bonds is 3. The first-order valence-electron chi connectivity index (χ1n) is 6.14. The Bertz CT molecular complexity index is 714. The summed E-state index contributed by atoms with van der Waals surface area (Å²) < 4.78 is 38.4. The highest BCUT2D eigenvalue weighted by molar-refractivity contribution is 6.33. The maximum Gasteiger partial charge on any atom is 0.417 e. The Hall–Kier alpha value is -2.34. The molecule has 0 aliphatic rings. The third kappa shape index (κ3) is 3.85. The minimum atomic E-state index is -4.49. The van der Waals surface area contributed by atoms with Gasteiger partial charge in [0.15, 0.2) is 0 Å². The van der Waals surface area contributed by atoms with E-state index in [4.69, 9.17) is 11.6 Å². The molecule has 22 heavy (non-hydrogen) atoms. The average molecular weight is 327 g/mol. The van der Waals surface area contributed by atoms with Crippen LogP contribution in [0.4, 0.5) is 13.2 Å². The van der Waals surface area contributed by atoms with Crippen LogP contribution in [0.3, 0.4) is 0 Å². The van der Waals surface area contributed by atoms with Gasteiger partial charge in [0.25, 0.3) is 5.91 Å². The van der Waals surface area contributed by atoms with Gasteiger partial charge in [-0.1, -0.05) is 41.9 Å². The number of nitrogens with zero attached hydrogens (tertiary/aromatic N) is 1. The number of amides is 1. The summed E-state index contributed by atoms with van der Waals surface area (Å²) in [5.41, 5.74) is 1.36. The summed E-state index contributed by atoms with van der Waals surface area (Å²) in [5.74, 6) is -0.605. The van der Waals surface area contributed by atoms with Gasteiger partial charge >= 0.3 is 6.18 Å². The number of hydrogen-bond donors (Lipinski definition) is 1. The molecule has 3 nitrogen and oxygen atoms in total. The van der Waals surface area contributed by atoms with E-state index in [2.05, 4.69) is 10.5 Å². The van der Waals surface area contributed by atoms with E-state index in [1.54, 1.807) is 12.1 Å². The monoisotopic (exact) mass is 326 g/mol. The Labute approximate surface area is 129 Å². The van der Waals surface area contributed by atoms with Crippen LogP contribution in [0.5, 0.6) is 0 Å². The molecule has 0 saturated heterocycles. The summed E-state index contributed by atoms with van der Waals surface area (Å²) in [7, 11) is 0. The summed E-state index contributed by atoms with van der Waals surface area (Å²) in [6.45, 7) is 0. The number of carbonyl (C=O) groups is 1. The van der Waals surface area contributed by atoms with Gasteiger partial charge in [-0.25, -0.2) is 5.43 Å². The van der Waals surface area contributed by atoms with E-state index in [0.29, 0.717) is 0 Å². The molecule has 0 aliphatic carbocycles. The molecule has 114 valence electrons. The number of carbonyl (C=O) groups excluding carboxylic acids is 1. The fourth-order valence-electron chi connectivity index (χ4n) is 1.73. The second-order valence-electron chi connectivity index (χ2n) is 4.26. The molecular formula is C15H10ClF3N2O. The lowest BCUT2D eigenvalue weighted by molar-refractivity contribution is -0.137. The van der Waals surface area contributed by atoms with Gasteiger partial charge < -0.3 is 0 Å². The van der Waals surface area contributed by atoms with Crippen LogP contribution in [0.15, 0.2) is 53.6 Å². The van der Waals surface area contributed by atoms with Crippen molar-refractivity contribution in [3.05, 3.63) is 70.2 Å². The van der Waals surface area contributed by atoms with Gasteiger partial charge in [-0.05, 0) is 18.2 Å². The van der Waals surface area contributed by atoms with E-state index < -0.39 is 17.6 Å². The van der Waals surface area contributed by atoms with Crippen LogP contribution in [0, 0.1) is 0 Å². The topological polar surface area (TPSA) is 41.5 Å². The maximum absolute atomic E-state index is 12.8. The Morgan fingerprint density at radius 3 is 2.41 bits per heavy atom. The van der Waals surface area contributed by atoms with Crippen molar-refractivity contribution in [1.29, 1.82) is 0 Å². The molecule has 0 aliphatic heterocycles. The molecule has 0 radical (unpaired) electrons. The van der Waals surface area contributed by atoms with Crippen LogP contribution in [-0.4, -0.2) is 12.1 Å². The van der Waals surface area contributed by atoms with Crippen LogP contribution >= 0.6 is 11.6 Å². The zero-order valence-electron chi connectivity index (χ0n) is 11.1. The molecule has 1 amide bonds. The number of nitrogens with one attached hydrogen (secondary N) is 1. The molecule has 0 heterocycles. The third-order valence-electron chi connectivity index (χ3n) is 2.75. The lowest BCUT2D eigenvalue weighted by Crippen LogP contribution is -2.18. The van der Waals surface area contributed by atoms with E-state index in [-0.39, 0.29) is 16.1 Å². The van der Waals surface area contributed by atoms with Crippen LogP contribution in [0.25, 0.3) is 0 Å². The van der Waals surface area contributed by atoms with Crippen LogP contribution < -0.4 is 5.43 Å². The van der Waals surface area contributed by atoms with Gasteiger partial charge in [0, 0.05) is 5.56 Å². The van der Waals surface area contributed by atoms with Gasteiger partial charge in [0.1, 0.15) is 0 Å². The van der Waals surface area contributed by atoms with Crippen LogP contribution in [0.1, 0.15) is 21.5 Å². The first-order chi connectivity index (χ1) is 10.4. The molecule has 0 spiro atoms. The zero-order chi connectivity index (χ0) is 16.2. The number of hydrogen-bond acceptors (Lipinski definition) is 2. The summed E-state index contributed by atoms with van der Waals surface area (Å²) in [6, 6.07) is 11.2. The van der Waals surface area contributed by atoms with E-state index in [1.807, 2.05) is 0 Å². The predicted molar refractivity (Wildman–Crippen MR) is 78.0 cm³/mol. The largest absolute Gasteiger partial charge is 0.417 e. The van der Waals surface area contributed by atoms with Crippen molar-refractivity contribution in [2.45, 2.75) is 6.18 Å². The SMILES string of the molecule is O=C(N/N=C/c1ccccc1C(F)(F)F)c1ccccc1Cl. The molecule has 2 rings (SSSR count). The minimum Gasteiger partial charge on any atom is -0.267 e. The third-order valence-corrected chi connectivity index (χ3v) is 3.08. The lowest BCUT2D eigenvalue weighted by Gasteiger charge is -2.09. The van der Waals surface area contributed by atoms with Gasteiger partial charge in [-0.3, -0.25) is 4.79 Å². The molecule has 2 aromatic rings. The Morgan fingerprint density at radius 1 is 1.09 bits per heavy atom. The highest BCUT2D eigenvalue weighted by Gasteiger charge is 2.32. The number of hydrazone groups is 1. The minimum absolute atomic E-state index is 0.144. The Morgan fingerprint density at radius 2 is 1.73 bits per heavy atom. The summed E-state index contributed by atoms with van der Waals surface area (Å²) >= 11 is 5.84. The van der Waals surface area contributed by atoms with Gasteiger partial charge in [0.05, 0.1) is 22.4 Å². The molecule has 7 heteroatoms. The lowest BCUT2D eigenvalue weighted by atomic mass is 10.1. The zero-order valence-corrected chi connectivity index (χ0v) is 11.8. The number of alkyl halides is 3. The standard InChI is InChI=1S/C15H10ClF3N2O/c16-13-8-4-2-6-11(13)14(22)21-20-9-10-5-1-3-7-12(10)15(17,18)19/h1-9H,(H,21,22)/b20-9+. The molecular weight excluding hydrogens is 317 g/mol. The second-order valence-corrected chi connectivity index (χ2v) is 4.67. The smallest absolute Gasteiger partial charge is 0.267 e. The molecule has 0 atom stereocenters. The molecule has 0 bridgehead atoms. The Kier molecular flexibility index (Phi) is 4.82. The summed E-state index contributed by atoms with van der Waals surface area (Å²) in [5, 5.41) is 3.78. The van der Waals surface area contributed by atoms with E-state index in [0.717, 1.165) is 12.3 Å². The highest BCUT2D eigenvalue weighted by atomic mass is 35.5. The fraction of sp³-hybridized carbons (Fsp3) is 0.0667. The molecule has 0 fully saturated rings. The maximum atomic E-state index is 12.8. The highest BCUT2D eigenvalue weighted by Crippen LogP contribution is 2.31. The number of benzene rings is 2. The van der Waals surface area contributed by atoms with Gasteiger partial charge in [0.2, 0.25) is 0 Å². The van der Waals surface area contributed by atoms with Crippen LogP contribution in [-0.2, 0) is 6.18 Å². The molecule has 0 unspecified atom stereocenters. The van der Waals surface area contributed by atoms with Crippen molar-refractivity contribution >= 4 is 23.7 Å². The fourth-order valence-corrected chi connectivity index (χ4v) is 1.96. The van der Waals surface area contributed by atoms with Crippen molar-refractivity contribution in [2.75, 3.05) is 0 Å². The van der Waals surface area contributed by atoms with Crippen molar-refractivity contribution in [3.8, 4) is 0 Å². The van der Waals surface area contributed by atoms with Crippen molar-refractivity contribution < 1.29 is 18.0 Å². The molecule has 0 saturated carbocycles.